The summed E-state index contributed by atoms with van der Waals surface area (Å²) in [5.41, 5.74) is 9.71. The number of carbonyl (C=O) groups is 2. The van der Waals surface area contributed by atoms with Crippen molar-refractivity contribution in [1.29, 1.82) is 0 Å². The fourth-order valence-electron chi connectivity index (χ4n) is 5.50. The molecule has 2 atom stereocenters. The third-order valence-corrected chi connectivity index (χ3v) is 7.75. The Morgan fingerprint density at radius 2 is 1.60 bits per heavy atom. The normalized spacial score (nSPS) is 17.5. The van der Waals surface area contributed by atoms with E-state index < -0.39 is 0 Å². The van der Waals surface area contributed by atoms with Gasteiger partial charge in [0.1, 0.15) is 0 Å². The third-order valence-electron chi connectivity index (χ3n) is 7.75. The van der Waals surface area contributed by atoms with Crippen molar-refractivity contribution >= 4 is 22.6 Å². The molecular formula is C34H38N4O2. The van der Waals surface area contributed by atoms with Gasteiger partial charge in [-0.25, -0.2) is 0 Å². The van der Waals surface area contributed by atoms with Crippen molar-refractivity contribution in [3.8, 4) is 11.1 Å². The SMILES string of the molecule is NCCCC[C@@H]1N[C@@H](CNC(=O)c2ccc(-c3ccccc3)cc2)CCN(Cc2cccc3ccccc23)C1=O. The monoisotopic (exact) mass is 534 g/mol. The summed E-state index contributed by atoms with van der Waals surface area (Å²) in [6.07, 6.45) is 3.26. The number of nitrogens with one attached hydrogen (secondary N) is 2. The standard InChI is InChI=1S/C34H38N4O2/c35-21-7-6-15-32-34(40)38(24-29-13-8-12-27-11-4-5-14-31(27)29)22-20-30(37-32)23-36-33(39)28-18-16-26(17-19-28)25-9-2-1-3-10-25/h1-5,8-14,16-19,30,32,37H,6-7,15,20-24,35H2,(H,36,39)/t30-,32+/m1/s1. The Hall–Kier alpha value is -4.00. The van der Waals surface area contributed by atoms with Crippen LogP contribution >= 0.6 is 0 Å². The number of benzene rings is 4. The van der Waals surface area contributed by atoms with Gasteiger partial charge in [0.15, 0.2) is 0 Å². The lowest BCUT2D eigenvalue weighted by atomic mass is 10.0. The molecule has 0 aliphatic carbocycles. The second-order valence-electron chi connectivity index (χ2n) is 10.5. The minimum atomic E-state index is -0.295. The van der Waals surface area contributed by atoms with Crippen LogP contribution in [0.15, 0.2) is 97.1 Å². The Kier molecular flexibility index (Phi) is 9.22. The second-order valence-corrected chi connectivity index (χ2v) is 10.5. The van der Waals surface area contributed by atoms with E-state index >= 15 is 0 Å². The molecule has 2 amide bonds. The highest BCUT2D eigenvalue weighted by molar-refractivity contribution is 5.94. The van der Waals surface area contributed by atoms with Crippen LogP contribution < -0.4 is 16.4 Å². The molecule has 0 spiro atoms. The van der Waals surface area contributed by atoms with Gasteiger partial charge in [0.05, 0.1) is 6.04 Å². The smallest absolute Gasteiger partial charge is 0.251 e. The minimum absolute atomic E-state index is 0.00288. The number of carbonyl (C=O) groups excluding carboxylic acids is 2. The maximum absolute atomic E-state index is 13.7. The molecule has 1 aliphatic rings. The quantitative estimate of drug-likeness (QED) is 0.246. The van der Waals surface area contributed by atoms with Gasteiger partial charge in [-0.15, -0.1) is 0 Å². The van der Waals surface area contributed by atoms with Crippen LogP contribution in [0.2, 0.25) is 0 Å². The Morgan fingerprint density at radius 3 is 2.40 bits per heavy atom. The Labute approximate surface area is 236 Å². The fourth-order valence-corrected chi connectivity index (χ4v) is 5.50. The molecule has 0 aromatic heterocycles. The molecule has 4 N–H and O–H groups in total. The summed E-state index contributed by atoms with van der Waals surface area (Å²) in [6.45, 7) is 2.28. The van der Waals surface area contributed by atoms with E-state index in [0.717, 1.165) is 42.4 Å². The summed E-state index contributed by atoms with van der Waals surface area (Å²) in [5, 5.41) is 9.02. The van der Waals surface area contributed by atoms with Crippen molar-refractivity contribution in [2.45, 2.75) is 44.3 Å². The first-order chi connectivity index (χ1) is 19.6. The number of hydrogen-bond donors (Lipinski definition) is 3. The molecule has 206 valence electrons. The molecule has 4 aromatic carbocycles. The lowest BCUT2D eigenvalue weighted by Crippen LogP contribution is -2.48. The Balaban J connectivity index is 1.25. The van der Waals surface area contributed by atoms with Crippen LogP contribution in [0.4, 0.5) is 0 Å². The number of hydrogen-bond acceptors (Lipinski definition) is 4. The van der Waals surface area contributed by atoms with Gasteiger partial charge in [0, 0.05) is 31.2 Å². The molecule has 4 aromatic rings. The van der Waals surface area contributed by atoms with E-state index in [2.05, 4.69) is 53.1 Å². The number of rotatable bonds is 10. The summed E-state index contributed by atoms with van der Waals surface area (Å²) >= 11 is 0. The van der Waals surface area contributed by atoms with Crippen molar-refractivity contribution in [3.05, 3.63) is 108 Å². The molecule has 6 heteroatoms. The fraction of sp³-hybridized carbons (Fsp3) is 0.294. The Bertz CT molecular complexity index is 1420. The highest BCUT2D eigenvalue weighted by Gasteiger charge is 2.31. The number of amides is 2. The van der Waals surface area contributed by atoms with Crippen LogP contribution in [0, 0.1) is 0 Å². The number of nitrogens with two attached hydrogens (primary N) is 1. The van der Waals surface area contributed by atoms with Gasteiger partial charge in [-0.1, -0.05) is 91.3 Å². The zero-order valence-electron chi connectivity index (χ0n) is 22.9. The maximum atomic E-state index is 13.7. The van der Waals surface area contributed by atoms with Crippen molar-refractivity contribution in [3.63, 3.8) is 0 Å². The molecular weight excluding hydrogens is 496 g/mol. The largest absolute Gasteiger partial charge is 0.350 e. The predicted molar refractivity (Wildman–Crippen MR) is 162 cm³/mol. The van der Waals surface area contributed by atoms with Crippen molar-refractivity contribution in [2.24, 2.45) is 5.73 Å². The zero-order chi connectivity index (χ0) is 27.7. The highest BCUT2D eigenvalue weighted by atomic mass is 16.2. The van der Waals surface area contributed by atoms with Gasteiger partial charge in [0.25, 0.3) is 5.91 Å². The molecule has 1 aliphatic heterocycles. The molecule has 0 unspecified atom stereocenters. The van der Waals surface area contributed by atoms with E-state index in [-0.39, 0.29) is 23.9 Å². The zero-order valence-corrected chi connectivity index (χ0v) is 22.9. The van der Waals surface area contributed by atoms with E-state index in [0.29, 0.717) is 31.7 Å². The van der Waals surface area contributed by atoms with E-state index in [1.165, 1.54) is 10.8 Å². The van der Waals surface area contributed by atoms with E-state index in [9.17, 15) is 9.59 Å². The van der Waals surface area contributed by atoms with Crippen LogP contribution in [0.5, 0.6) is 0 Å². The molecule has 0 radical (unpaired) electrons. The molecule has 1 heterocycles. The average Bonchev–Trinajstić information content (AvgIpc) is 3.15. The lowest BCUT2D eigenvalue weighted by Gasteiger charge is -2.25. The Morgan fingerprint density at radius 1 is 0.875 bits per heavy atom. The summed E-state index contributed by atoms with van der Waals surface area (Å²) in [5.74, 6) is 0.0135. The van der Waals surface area contributed by atoms with Gasteiger partial charge in [-0.05, 0) is 65.4 Å². The topological polar surface area (TPSA) is 87.5 Å². The van der Waals surface area contributed by atoms with Crippen molar-refractivity contribution in [2.75, 3.05) is 19.6 Å². The first-order valence-corrected chi connectivity index (χ1v) is 14.3. The van der Waals surface area contributed by atoms with Crippen LogP contribution in [-0.2, 0) is 11.3 Å². The van der Waals surface area contributed by atoms with Crippen LogP contribution in [0.3, 0.4) is 0 Å². The minimum Gasteiger partial charge on any atom is -0.350 e. The summed E-state index contributed by atoms with van der Waals surface area (Å²) in [4.78, 5) is 28.6. The van der Waals surface area contributed by atoms with Crippen molar-refractivity contribution < 1.29 is 9.59 Å². The van der Waals surface area contributed by atoms with Crippen LogP contribution in [-0.4, -0.2) is 48.4 Å². The number of nitrogens with zero attached hydrogens (tertiary/aromatic N) is 1. The van der Waals surface area contributed by atoms with Gasteiger partial charge in [-0.3, -0.25) is 9.59 Å². The van der Waals surface area contributed by atoms with E-state index in [1.54, 1.807) is 0 Å². The average molecular weight is 535 g/mol. The van der Waals surface area contributed by atoms with Gasteiger partial charge in [-0.2, -0.15) is 0 Å². The summed E-state index contributed by atoms with van der Waals surface area (Å²) in [6, 6.07) is 32.1. The highest BCUT2D eigenvalue weighted by Crippen LogP contribution is 2.23. The number of fused-ring (bicyclic) bond motifs is 1. The van der Waals surface area contributed by atoms with Gasteiger partial charge < -0.3 is 21.3 Å². The maximum Gasteiger partial charge on any atom is 0.251 e. The predicted octanol–water partition coefficient (Wildman–Crippen LogP) is 5.12. The summed E-state index contributed by atoms with van der Waals surface area (Å²) < 4.78 is 0. The van der Waals surface area contributed by atoms with E-state index in [1.807, 2.05) is 59.5 Å². The second kappa shape index (κ2) is 13.4. The third kappa shape index (κ3) is 6.76. The van der Waals surface area contributed by atoms with Crippen LogP contribution in [0.1, 0.15) is 41.6 Å². The number of unbranched alkanes of at least 4 members (excludes halogenated alkanes) is 1. The molecule has 1 fully saturated rings. The van der Waals surface area contributed by atoms with Crippen molar-refractivity contribution in [1.82, 2.24) is 15.5 Å². The molecule has 40 heavy (non-hydrogen) atoms. The lowest BCUT2D eigenvalue weighted by molar-refractivity contribution is -0.133. The molecule has 5 rings (SSSR count). The molecule has 0 saturated carbocycles. The first-order valence-electron chi connectivity index (χ1n) is 14.3. The van der Waals surface area contributed by atoms with E-state index in [4.69, 9.17) is 5.73 Å². The molecule has 0 bridgehead atoms. The molecule has 6 nitrogen and oxygen atoms in total. The van der Waals surface area contributed by atoms with Gasteiger partial charge >= 0.3 is 0 Å². The molecule has 1 saturated heterocycles. The van der Waals surface area contributed by atoms with Gasteiger partial charge in [0.2, 0.25) is 5.91 Å². The first kappa shape index (κ1) is 27.6. The van der Waals surface area contributed by atoms with Crippen LogP contribution in [0.25, 0.3) is 21.9 Å². The summed E-state index contributed by atoms with van der Waals surface area (Å²) in [7, 11) is 0.